The molecule has 1 saturated heterocycles. The van der Waals surface area contributed by atoms with Crippen molar-refractivity contribution in [2.75, 3.05) is 13.2 Å². The summed E-state index contributed by atoms with van der Waals surface area (Å²) in [4.78, 5) is 6.99. The first-order valence-corrected chi connectivity index (χ1v) is 9.84. The number of aromatic nitrogens is 3. The SMILES string of the molecule is CCOc1ccc([C@H]2CCCN2Cn2[nH]c(-c3ccccc3)nc2=S)cc1. The number of likely N-dealkylation sites (tertiary alicyclic amines) is 1. The molecule has 1 N–H and O–H groups in total. The highest BCUT2D eigenvalue weighted by atomic mass is 32.1. The lowest BCUT2D eigenvalue weighted by Gasteiger charge is -2.25. The van der Waals surface area contributed by atoms with Crippen LogP contribution in [0, 0.1) is 4.77 Å². The van der Waals surface area contributed by atoms with Gasteiger partial charge >= 0.3 is 0 Å². The van der Waals surface area contributed by atoms with Crippen LogP contribution < -0.4 is 4.74 Å². The Morgan fingerprint density at radius 2 is 1.93 bits per heavy atom. The second-order valence-corrected chi connectivity index (χ2v) is 7.13. The first-order chi connectivity index (χ1) is 13.2. The van der Waals surface area contributed by atoms with E-state index in [4.69, 9.17) is 17.0 Å². The van der Waals surface area contributed by atoms with Gasteiger partial charge < -0.3 is 4.74 Å². The van der Waals surface area contributed by atoms with Crippen LogP contribution in [0.3, 0.4) is 0 Å². The number of H-pyrrole nitrogens is 1. The van der Waals surface area contributed by atoms with Crippen molar-refractivity contribution in [2.45, 2.75) is 32.5 Å². The largest absolute Gasteiger partial charge is 0.494 e. The smallest absolute Gasteiger partial charge is 0.217 e. The third kappa shape index (κ3) is 3.96. The summed E-state index contributed by atoms with van der Waals surface area (Å²) in [7, 11) is 0. The first kappa shape index (κ1) is 17.9. The van der Waals surface area contributed by atoms with Crippen molar-refractivity contribution in [2.24, 2.45) is 0 Å². The van der Waals surface area contributed by atoms with Crippen molar-refractivity contribution < 1.29 is 4.74 Å². The van der Waals surface area contributed by atoms with Crippen molar-refractivity contribution in [3.8, 4) is 17.1 Å². The van der Waals surface area contributed by atoms with Crippen molar-refractivity contribution in [3.63, 3.8) is 0 Å². The molecule has 3 aromatic rings. The van der Waals surface area contributed by atoms with Gasteiger partial charge in [0.25, 0.3) is 0 Å². The average Bonchev–Trinajstić information content (AvgIpc) is 3.31. The normalized spacial score (nSPS) is 17.3. The summed E-state index contributed by atoms with van der Waals surface area (Å²) in [5, 5.41) is 3.36. The van der Waals surface area contributed by atoms with E-state index in [0.717, 1.165) is 36.8 Å². The number of ether oxygens (including phenoxy) is 1. The Hall–Kier alpha value is -2.44. The third-order valence-corrected chi connectivity index (χ3v) is 5.30. The minimum Gasteiger partial charge on any atom is -0.494 e. The van der Waals surface area contributed by atoms with Crippen LogP contribution in [-0.2, 0) is 6.67 Å². The topological polar surface area (TPSA) is 46.1 Å². The van der Waals surface area contributed by atoms with Gasteiger partial charge in [-0.1, -0.05) is 42.5 Å². The molecule has 27 heavy (non-hydrogen) atoms. The number of rotatable bonds is 6. The summed E-state index contributed by atoms with van der Waals surface area (Å²) in [5.74, 6) is 1.74. The Morgan fingerprint density at radius 1 is 1.15 bits per heavy atom. The lowest BCUT2D eigenvalue weighted by Crippen LogP contribution is -2.26. The van der Waals surface area contributed by atoms with E-state index in [1.54, 1.807) is 0 Å². The second-order valence-electron chi connectivity index (χ2n) is 6.76. The van der Waals surface area contributed by atoms with E-state index in [2.05, 4.69) is 39.2 Å². The summed E-state index contributed by atoms with van der Waals surface area (Å²) in [6.45, 7) is 4.47. The molecule has 140 valence electrons. The van der Waals surface area contributed by atoms with E-state index in [1.165, 1.54) is 12.0 Å². The van der Waals surface area contributed by atoms with Gasteiger partial charge in [0, 0.05) is 18.2 Å². The summed E-state index contributed by atoms with van der Waals surface area (Å²) < 4.78 is 8.11. The van der Waals surface area contributed by atoms with Gasteiger partial charge in [-0.25, -0.2) is 4.68 Å². The monoisotopic (exact) mass is 380 g/mol. The quantitative estimate of drug-likeness (QED) is 0.624. The minimum atomic E-state index is 0.394. The minimum absolute atomic E-state index is 0.394. The number of aromatic amines is 1. The summed E-state index contributed by atoms with van der Waals surface area (Å²) in [5.41, 5.74) is 2.37. The van der Waals surface area contributed by atoms with E-state index in [0.29, 0.717) is 17.4 Å². The van der Waals surface area contributed by atoms with E-state index in [1.807, 2.05) is 41.9 Å². The third-order valence-electron chi connectivity index (χ3n) is 4.99. The number of nitrogens with one attached hydrogen (secondary N) is 1. The molecule has 0 amide bonds. The number of nitrogens with zero attached hydrogens (tertiary/aromatic N) is 3. The molecule has 0 radical (unpaired) electrons. The maximum absolute atomic E-state index is 5.56. The molecule has 0 saturated carbocycles. The van der Waals surface area contributed by atoms with Gasteiger partial charge in [0.05, 0.1) is 13.3 Å². The van der Waals surface area contributed by atoms with Crippen LogP contribution >= 0.6 is 12.2 Å². The van der Waals surface area contributed by atoms with Crippen LogP contribution in [-0.4, -0.2) is 32.8 Å². The standard InChI is InChI=1S/C21H24N4OS/c1-2-26-18-12-10-16(11-13-18)19-9-6-14-24(19)15-25-21(27)22-20(23-25)17-7-4-3-5-8-17/h3-5,7-8,10-13,19H,2,6,9,14-15H2,1H3,(H,22,23,27)/t19-/m1/s1. The van der Waals surface area contributed by atoms with Crippen molar-refractivity contribution in [3.05, 3.63) is 64.9 Å². The van der Waals surface area contributed by atoms with Crippen LogP contribution in [0.25, 0.3) is 11.4 Å². The van der Waals surface area contributed by atoms with Gasteiger partial charge in [0.15, 0.2) is 5.82 Å². The van der Waals surface area contributed by atoms with Crippen LogP contribution in [0.15, 0.2) is 54.6 Å². The van der Waals surface area contributed by atoms with Crippen molar-refractivity contribution in [1.29, 1.82) is 0 Å². The molecule has 2 aromatic carbocycles. The molecule has 1 fully saturated rings. The first-order valence-electron chi connectivity index (χ1n) is 9.43. The molecule has 0 spiro atoms. The Labute approximate surface area is 164 Å². The van der Waals surface area contributed by atoms with Crippen molar-refractivity contribution in [1.82, 2.24) is 19.7 Å². The van der Waals surface area contributed by atoms with Gasteiger partial charge in [0.1, 0.15) is 5.75 Å². The number of benzene rings is 2. The molecule has 0 aliphatic carbocycles. The Bertz CT molecular complexity index is 933. The van der Waals surface area contributed by atoms with Gasteiger partial charge in [0.2, 0.25) is 4.77 Å². The molecular formula is C21H24N4OS. The highest BCUT2D eigenvalue weighted by Gasteiger charge is 2.26. The van der Waals surface area contributed by atoms with Gasteiger partial charge in [-0.2, -0.15) is 4.98 Å². The van der Waals surface area contributed by atoms with E-state index >= 15 is 0 Å². The maximum Gasteiger partial charge on any atom is 0.217 e. The molecule has 1 aromatic heterocycles. The van der Waals surface area contributed by atoms with Gasteiger partial charge in [-0.3, -0.25) is 10.00 Å². The van der Waals surface area contributed by atoms with Gasteiger partial charge in [-0.15, -0.1) is 0 Å². The van der Waals surface area contributed by atoms with E-state index in [-0.39, 0.29) is 0 Å². The highest BCUT2D eigenvalue weighted by molar-refractivity contribution is 7.71. The zero-order valence-corrected chi connectivity index (χ0v) is 16.3. The Balaban J connectivity index is 1.52. The maximum atomic E-state index is 5.56. The summed E-state index contributed by atoms with van der Waals surface area (Å²) in [6, 6.07) is 19.0. The number of hydrogen-bond donors (Lipinski definition) is 1. The molecule has 5 nitrogen and oxygen atoms in total. The molecule has 1 aliphatic heterocycles. The summed E-state index contributed by atoms with van der Waals surface area (Å²) in [6.07, 6.45) is 2.34. The fraction of sp³-hybridized carbons (Fsp3) is 0.333. The molecule has 2 heterocycles. The lowest BCUT2D eigenvalue weighted by molar-refractivity contribution is 0.190. The zero-order chi connectivity index (χ0) is 18.6. The molecule has 1 atom stereocenters. The lowest BCUT2D eigenvalue weighted by atomic mass is 10.0. The van der Waals surface area contributed by atoms with E-state index < -0.39 is 0 Å². The highest BCUT2D eigenvalue weighted by Crippen LogP contribution is 2.33. The van der Waals surface area contributed by atoms with E-state index in [9.17, 15) is 0 Å². The van der Waals surface area contributed by atoms with Gasteiger partial charge in [-0.05, 0) is 49.7 Å². The Morgan fingerprint density at radius 3 is 2.67 bits per heavy atom. The number of hydrogen-bond acceptors (Lipinski definition) is 4. The molecular weight excluding hydrogens is 356 g/mol. The molecule has 1 aliphatic rings. The second kappa shape index (κ2) is 8.06. The fourth-order valence-electron chi connectivity index (χ4n) is 3.69. The van der Waals surface area contributed by atoms with Crippen LogP contribution in [0.5, 0.6) is 5.75 Å². The average molecular weight is 381 g/mol. The van der Waals surface area contributed by atoms with Crippen LogP contribution in [0.1, 0.15) is 31.4 Å². The molecule has 6 heteroatoms. The zero-order valence-electron chi connectivity index (χ0n) is 15.5. The predicted octanol–water partition coefficient (Wildman–Crippen LogP) is 4.80. The summed E-state index contributed by atoms with van der Waals surface area (Å²) >= 11 is 5.49. The van der Waals surface area contributed by atoms with Crippen LogP contribution in [0.4, 0.5) is 0 Å². The molecule has 0 bridgehead atoms. The van der Waals surface area contributed by atoms with Crippen molar-refractivity contribution >= 4 is 12.2 Å². The fourth-order valence-corrected chi connectivity index (χ4v) is 3.88. The van der Waals surface area contributed by atoms with Crippen LogP contribution in [0.2, 0.25) is 0 Å². The predicted molar refractivity (Wildman–Crippen MR) is 109 cm³/mol. The Kier molecular flexibility index (Phi) is 5.36. The molecule has 0 unspecified atom stereocenters. The molecule has 4 rings (SSSR count).